The molecule has 0 aromatic heterocycles. The van der Waals surface area contributed by atoms with Crippen molar-refractivity contribution in [3.8, 4) is 0 Å². The van der Waals surface area contributed by atoms with Crippen molar-refractivity contribution in [3.05, 3.63) is 102 Å². The Bertz CT molecular complexity index is 896. The molecular formula is C21H18N2O2. The highest BCUT2D eigenvalue weighted by Crippen LogP contribution is 2.41. The Morgan fingerprint density at radius 3 is 2.16 bits per heavy atom. The van der Waals surface area contributed by atoms with E-state index in [-0.39, 0.29) is 6.03 Å². The number of aliphatic hydroxyl groups is 1. The van der Waals surface area contributed by atoms with Gasteiger partial charge in [0, 0.05) is 11.1 Å². The molecule has 0 bridgehead atoms. The normalized spacial score (nSPS) is 19.2. The van der Waals surface area contributed by atoms with E-state index in [1.54, 1.807) is 6.07 Å². The molecule has 2 N–H and O–H groups in total. The zero-order valence-corrected chi connectivity index (χ0v) is 13.6. The van der Waals surface area contributed by atoms with E-state index in [9.17, 15) is 9.90 Å². The van der Waals surface area contributed by atoms with Crippen molar-refractivity contribution in [1.29, 1.82) is 0 Å². The summed E-state index contributed by atoms with van der Waals surface area (Å²) in [5, 5.41) is 14.6. The molecule has 1 atom stereocenters. The average molecular weight is 330 g/mol. The van der Waals surface area contributed by atoms with Gasteiger partial charge in [-0.3, -0.25) is 4.90 Å². The number of nitrogens with zero attached hydrogens (tertiary/aromatic N) is 1. The number of rotatable bonds is 3. The first-order chi connectivity index (χ1) is 12.2. The lowest BCUT2D eigenvalue weighted by Gasteiger charge is -2.44. The Kier molecular flexibility index (Phi) is 3.75. The van der Waals surface area contributed by atoms with Crippen molar-refractivity contribution in [2.24, 2.45) is 0 Å². The maximum absolute atomic E-state index is 12.8. The van der Waals surface area contributed by atoms with Gasteiger partial charge < -0.3 is 10.4 Å². The van der Waals surface area contributed by atoms with Gasteiger partial charge in [0.15, 0.2) is 5.72 Å². The van der Waals surface area contributed by atoms with Gasteiger partial charge in [0.05, 0.1) is 12.2 Å². The van der Waals surface area contributed by atoms with Crippen LogP contribution in [0.2, 0.25) is 0 Å². The van der Waals surface area contributed by atoms with E-state index < -0.39 is 5.72 Å². The number of fused-ring (bicyclic) bond motifs is 1. The fraction of sp³-hybridized carbons (Fsp3) is 0.0952. The Morgan fingerprint density at radius 1 is 0.840 bits per heavy atom. The fourth-order valence-electron chi connectivity index (χ4n) is 3.31. The molecule has 124 valence electrons. The van der Waals surface area contributed by atoms with Crippen LogP contribution < -0.4 is 5.32 Å². The third kappa shape index (κ3) is 2.57. The summed E-state index contributed by atoms with van der Waals surface area (Å²) in [7, 11) is 0. The standard InChI is InChI=1S/C21H18N2O2/c24-20-22-19-14-8-7-13-18(19)21(25,17-11-5-2-6-12-17)23(20)15-16-9-3-1-4-10-16/h1-14,25H,15H2,(H,22,24)/t21-/m0/s1. The number of amides is 2. The van der Waals surface area contributed by atoms with E-state index in [0.717, 1.165) is 5.56 Å². The SMILES string of the molecule is O=C1Nc2ccccc2[C@@](O)(c2ccccc2)N1Cc1ccccc1. The second-order valence-corrected chi connectivity index (χ2v) is 6.09. The van der Waals surface area contributed by atoms with Crippen LogP contribution in [0, 0.1) is 0 Å². The van der Waals surface area contributed by atoms with Gasteiger partial charge in [0.25, 0.3) is 0 Å². The molecular weight excluding hydrogens is 312 g/mol. The first kappa shape index (κ1) is 15.4. The van der Waals surface area contributed by atoms with Gasteiger partial charge in [-0.25, -0.2) is 4.79 Å². The van der Waals surface area contributed by atoms with Crippen LogP contribution in [-0.4, -0.2) is 16.0 Å². The predicted molar refractivity (Wildman–Crippen MR) is 96.9 cm³/mol. The summed E-state index contributed by atoms with van der Waals surface area (Å²) in [6.07, 6.45) is 0. The summed E-state index contributed by atoms with van der Waals surface area (Å²) >= 11 is 0. The highest BCUT2D eigenvalue weighted by Gasteiger charge is 2.46. The molecule has 0 fully saturated rings. The maximum Gasteiger partial charge on any atom is 0.324 e. The first-order valence-corrected chi connectivity index (χ1v) is 8.19. The minimum absolute atomic E-state index is 0.298. The highest BCUT2D eigenvalue weighted by molar-refractivity contribution is 5.94. The molecule has 1 aliphatic heterocycles. The second-order valence-electron chi connectivity index (χ2n) is 6.09. The molecule has 3 aromatic carbocycles. The average Bonchev–Trinajstić information content (AvgIpc) is 2.67. The first-order valence-electron chi connectivity index (χ1n) is 8.19. The van der Waals surface area contributed by atoms with Crippen LogP contribution in [0.25, 0.3) is 0 Å². The van der Waals surface area contributed by atoms with Crippen molar-refractivity contribution >= 4 is 11.7 Å². The molecule has 0 aliphatic carbocycles. The minimum Gasteiger partial charge on any atom is -0.363 e. The van der Waals surface area contributed by atoms with Gasteiger partial charge in [-0.05, 0) is 11.6 Å². The third-order valence-corrected chi connectivity index (χ3v) is 4.54. The van der Waals surface area contributed by atoms with Crippen LogP contribution in [0.1, 0.15) is 16.7 Å². The quantitative estimate of drug-likeness (QED) is 0.764. The van der Waals surface area contributed by atoms with Crippen LogP contribution in [0.4, 0.5) is 10.5 Å². The van der Waals surface area contributed by atoms with Gasteiger partial charge in [-0.2, -0.15) is 0 Å². The number of benzene rings is 3. The van der Waals surface area contributed by atoms with Gasteiger partial charge >= 0.3 is 6.03 Å². The monoisotopic (exact) mass is 330 g/mol. The fourth-order valence-corrected chi connectivity index (χ4v) is 3.31. The van der Waals surface area contributed by atoms with Crippen LogP contribution in [0.5, 0.6) is 0 Å². The van der Waals surface area contributed by atoms with Gasteiger partial charge in [-0.15, -0.1) is 0 Å². The van der Waals surface area contributed by atoms with Crippen molar-refractivity contribution in [1.82, 2.24) is 4.90 Å². The lowest BCUT2D eigenvalue weighted by atomic mass is 9.89. The Hall–Kier alpha value is -3.11. The zero-order valence-electron chi connectivity index (χ0n) is 13.6. The topological polar surface area (TPSA) is 52.6 Å². The number of carbonyl (C=O) groups is 1. The summed E-state index contributed by atoms with van der Waals surface area (Å²) in [5.74, 6) is 0. The van der Waals surface area contributed by atoms with Crippen molar-refractivity contribution in [2.45, 2.75) is 12.3 Å². The number of carbonyl (C=O) groups excluding carboxylic acids is 1. The number of anilines is 1. The summed E-state index contributed by atoms with van der Waals surface area (Å²) in [5.41, 5.74) is 1.37. The number of hydrogen-bond donors (Lipinski definition) is 2. The van der Waals surface area contributed by atoms with E-state index in [4.69, 9.17) is 0 Å². The molecule has 4 rings (SSSR count). The van der Waals surface area contributed by atoms with Crippen LogP contribution in [0.15, 0.2) is 84.9 Å². The minimum atomic E-state index is -1.53. The second kappa shape index (κ2) is 6.07. The number of hydrogen-bond acceptors (Lipinski definition) is 2. The molecule has 2 amide bonds. The molecule has 0 saturated heterocycles. The molecule has 0 radical (unpaired) electrons. The molecule has 0 saturated carbocycles. The summed E-state index contributed by atoms with van der Waals surface area (Å²) < 4.78 is 0. The molecule has 25 heavy (non-hydrogen) atoms. The molecule has 4 heteroatoms. The van der Waals surface area contributed by atoms with E-state index >= 15 is 0 Å². The van der Waals surface area contributed by atoms with Gasteiger partial charge in [0.2, 0.25) is 0 Å². The number of urea groups is 1. The largest absolute Gasteiger partial charge is 0.363 e. The van der Waals surface area contributed by atoms with Crippen LogP contribution in [-0.2, 0) is 12.3 Å². The predicted octanol–water partition coefficient (Wildman–Crippen LogP) is 3.93. The smallest absolute Gasteiger partial charge is 0.324 e. The number of nitrogens with one attached hydrogen (secondary N) is 1. The zero-order chi connectivity index (χ0) is 17.3. The molecule has 0 spiro atoms. The lowest BCUT2D eigenvalue weighted by Crippen LogP contribution is -2.54. The Labute approximate surface area is 146 Å². The third-order valence-electron chi connectivity index (χ3n) is 4.54. The Morgan fingerprint density at radius 2 is 1.44 bits per heavy atom. The molecule has 1 heterocycles. The van der Waals surface area contributed by atoms with Crippen LogP contribution >= 0.6 is 0 Å². The molecule has 0 unspecified atom stereocenters. The van der Waals surface area contributed by atoms with E-state index in [0.29, 0.717) is 23.4 Å². The van der Waals surface area contributed by atoms with Crippen molar-refractivity contribution in [2.75, 3.05) is 5.32 Å². The van der Waals surface area contributed by atoms with Crippen LogP contribution in [0.3, 0.4) is 0 Å². The Balaban J connectivity index is 1.88. The van der Waals surface area contributed by atoms with E-state index in [1.807, 2.05) is 78.9 Å². The summed E-state index contributed by atoms with van der Waals surface area (Å²) in [4.78, 5) is 14.3. The maximum atomic E-state index is 12.8. The molecule has 4 nitrogen and oxygen atoms in total. The van der Waals surface area contributed by atoms with Crippen molar-refractivity contribution < 1.29 is 9.90 Å². The van der Waals surface area contributed by atoms with E-state index in [2.05, 4.69) is 5.32 Å². The summed E-state index contributed by atoms with van der Waals surface area (Å²) in [6.45, 7) is 0.298. The summed E-state index contributed by atoms with van der Waals surface area (Å²) in [6, 6.07) is 26.0. The van der Waals surface area contributed by atoms with Gasteiger partial charge in [-0.1, -0.05) is 78.9 Å². The van der Waals surface area contributed by atoms with E-state index in [1.165, 1.54) is 4.90 Å². The molecule has 1 aliphatic rings. The van der Waals surface area contributed by atoms with Gasteiger partial charge in [0.1, 0.15) is 0 Å². The lowest BCUT2D eigenvalue weighted by molar-refractivity contribution is -0.0565. The van der Waals surface area contributed by atoms with Crippen molar-refractivity contribution in [3.63, 3.8) is 0 Å². The number of para-hydroxylation sites is 1. The highest BCUT2D eigenvalue weighted by atomic mass is 16.3. The molecule has 3 aromatic rings.